The van der Waals surface area contributed by atoms with Crippen LogP contribution in [0.3, 0.4) is 0 Å². The van der Waals surface area contributed by atoms with Crippen molar-refractivity contribution >= 4 is 33.0 Å². The van der Waals surface area contributed by atoms with Crippen molar-refractivity contribution in [2.75, 3.05) is 0 Å². The highest BCUT2D eigenvalue weighted by molar-refractivity contribution is 9.11. The monoisotopic (exact) mass is 320 g/mol. The van der Waals surface area contributed by atoms with Crippen LogP contribution in [-0.2, 0) is 12.8 Å². The van der Waals surface area contributed by atoms with Gasteiger partial charge in [0.2, 0.25) is 5.78 Å². The minimum absolute atomic E-state index is 0.142. The molecule has 0 spiro atoms. The second-order valence-corrected chi connectivity index (χ2v) is 7.10. The van der Waals surface area contributed by atoms with Crippen LogP contribution in [0.4, 0.5) is 0 Å². The van der Waals surface area contributed by atoms with Crippen molar-refractivity contribution in [2.45, 2.75) is 26.2 Å². The van der Waals surface area contributed by atoms with E-state index in [1.54, 1.807) is 0 Å². The highest BCUT2D eigenvalue weighted by Gasteiger charge is 2.17. The Kier molecular flexibility index (Phi) is 3.12. The van der Waals surface area contributed by atoms with Gasteiger partial charge < -0.3 is 0 Å². The quantitative estimate of drug-likeness (QED) is 0.742. The van der Waals surface area contributed by atoms with E-state index in [4.69, 9.17) is 0 Å². The molecule has 0 radical (unpaired) electrons. The molecule has 1 nitrogen and oxygen atoms in total. The molecule has 0 N–H and O–H groups in total. The van der Waals surface area contributed by atoms with Crippen molar-refractivity contribution in [2.24, 2.45) is 0 Å². The molecule has 18 heavy (non-hydrogen) atoms. The lowest BCUT2D eigenvalue weighted by Gasteiger charge is -2.02. The maximum atomic E-state index is 12.4. The number of benzene rings is 1. The van der Waals surface area contributed by atoms with Crippen LogP contribution < -0.4 is 0 Å². The molecule has 1 aromatic carbocycles. The Labute approximate surface area is 119 Å². The zero-order valence-corrected chi connectivity index (χ0v) is 12.5. The molecule has 3 heteroatoms. The van der Waals surface area contributed by atoms with E-state index in [0.29, 0.717) is 0 Å². The summed E-state index contributed by atoms with van der Waals surface area (Å²) in [5.74, 6) is 0.142. The molecule has 1 aliphatic rings. The summed E-state index contributed by atoms with van der Waals surface area (Å²) in [7, 11) is 0. The molecule has 92 valence electrons. The maximum absolute atomic E-state index is 12.4. The van der Waals surface area contributed by atoms with E-state index < -0.39 is 0 Å². The first kappa shape index (κ1) is 12.1. The Hall–Kier alpha value is -0.930. The van der Waals surface area contributed by atoms with Crippen LogP contribution in [0.1, 0.15) is 38.3 Å². The van der Waals surface area contributed by atoms with E-state index in [0.717, 1.165) is 32.6 Å². The number of carbonyl (C=O) groups is 1. The van der Waals surface area contributed by atoms with Gasteiger partial charge in [-0.3, -0.25) is 4.79 Å². The molecule has 1 aromatic heterocycles. The van der Waals surface area contributed by atoms with Gasteiger partial charge in [-0.1, -0.05) is 12.1 Å². The van der Waals surface area contributed by atoms with Crippen LogP contribution in [0.15, 0.2) is 28.1 Å². The van der Waals surface area contributed by atoms with Gasteiger partial charge in [0.1, 0.15) is 0 Å². The second kappa shape index (κ2) is 4.63. The summed E-state index contributed by atoms with van der Waals surface area (Å²) >= 11 is 4.99. The summed E-state index contributed by atoms with van der Waals surface area (Å²) in [6.07, 6.45) is 3.49. The smallest absolute Gasteiger partial charge is 0.202 e. The van der Waals surface area contributed by atoms with Crippen molar-refractivity contribution in [1.29, 1.82) is 0 Å². The predicted octanol–water partition coefficient (Wildman–Crippen LogP) is 4.54. The van der Waals surface area contributed by atoms with Gasteiger partial charge >= 0.3 is 0 Å². The highest BCUT2D eigenvalue weighted by Crippen LogP contribution is 2.30. The van der Waals surface area contributed by atoms with Crippen LogP contribution in [0, 0.1) is 6.92 Å². The highest BCUT2D eigenvalue weighted by atomic mass is 79.9. The topological polar surface area (TPSA) is 17.1 Å². The van der Waals surface area contributed by atoms with Gasteiger partial charge in [-0.05, 0) is 70.9 Å². The van der Waals surface area contributed by atoms with E-state index in [1.165, 1.54) is 28.9 Å². The van der Waals surface area contributed by atoms with Crippen molar-refractivity contribution in [3.63, 3.8) is 0 Å². The third-order valence-corrected chi connectivity index (χ3v) is 5.58. The fraction of sp³-hybridized carbons (Fsp3) is 0.267. The lowest BCUT2D eigenvalue weighted by molar-refractivity contribution is 0.104. The normalized spacial score (nSPS) is 13.7. The van der Waals surface area contributed by atoms with Gasteiger partial charge in [0, 0.05) is 5.56 Å². The molecule has 0 unspecified atom stereocenters. The fourth-order valence-electron chi connectivity index (χ4n) is 2.43. The summed E-state index contributed by atoms with van der Waals surface area (Å²) in [6, 6.07) is 8.12. The molecule has 1 aliphatic carbocycles. The van der Waals surface area contributed by atoms with E-state index >= 15 is 0 Å². The Morgan fingerprint density at radius 1 is 1.22 bits per heavy atom. The molecule has 0 saturated heterocycles. The first-order valence-electron chi connectivity index (χ1n) is 6.07. The Bertz CT molecular complexity index is 608. The zero-order chi connectivity index (χ0) is 12.7. The number of thiophene rings is 1. The lowest BCUT2D eigenvalue weighted by atomic mass is 10.0. The maximum Gasteiger partial charge on any atom is 0.202 e. The van der Waals surface area contributed by atoms with Crippen LogP contribution in [-0.4, -0.2) is 5.78 Å². The molecular formula is C15H13BrOS. The Balaban J connectivity index is 1.97. The van der Waals surface area contributed by atoms with Gasteiger partial charge in [0.15, 0.2) is 0 Å². The second-order valence-electron chi connectivity index (χ2n) is 4.73. The van der Waals surface area contributed by atoms with Crippen molar-refractivity contribution in [3.05, 3.63) is 55.2 Å². The number of fused-ring (bicyclic) bond motifs is 1. The van der Waals surface area contributed by atoms with Crippen molar-refractivity contribution < 1.29 is 4.79 Å². The van der Waals surface area contributed by atoms with Crippen LogP contribution in [0.5, 0.6) is 0 Å². The zero-order valence-electron chi connectivity index (χ0n) is 10.1. The van der Waals surface area contributed by atoms with Gasteiger partial charge in [-0.25, -0.2) is 0 Å². The third-order valence-electron chi connectivity index (χ3n) is 3.44. The van der Waals surface area contributed by atoms with E-state index in [9.17, 15) is 4.79 Å². The largest absolute Gasteiger partial charge is 0.288 e. The molecule has 0 fully saturated rings. The minimum atomic E-state index is 0.142. The first-order chi connectivity index (χ1) is 8.65. The number of carbonyl (C=O) groups excluding carboxylic acids is 1. The van der Waals surface area contributed by atoms with Crippen LogP contribution in [0.25, 0.3) is 0 Å². The summed E-state index contributed by atoms with van der Waals surface area (Å²) in [4.78, 5) is 13.2. The Morgan fingerprint density at radius 2 is 2.00 bits per heavy atom. The average molecular weight is 321 g/mol. The minimum Gasteiger partial charge on any atom is -0.288 e. The number of ketones is 1. The Morgan fingerprint density at radius 3 is 2.72 bits per heavy atom. The van der Waals surface area contributed by atoms with Crippen molar-refractivity contribution in [3.8, 4) is 0 Å². The molecule has 1 heterocycles. The summed E-state index contributed by atoms with van der Waals surface area (Å²) < 4.78 is 1.05. The molecule has 0 bridgehead atoms. The average Bonchev–Trinajstić information content (AvgIpc) is 2.95. The number of rotatable bonds is 2. The summed E-state index contributed by atoms with van der Waals surface area (Å²) in [6.45, 7) is 2.01. The number of aryl methyl sites for hydroxylation is 3. The standard InChI is InChI=1S/C15H13BrOS/c1-9-7-13(18-15(9)16)14(17)12-6-5-10-3-2-4-11(10)8-12/h5-8H,2-4H2,1H3. The van der Waals surface area contributed by atoms with Crippen LogP contribution in [0.2, 0.25) is 0 Å². The van der Waals surface area contributed by atoms with Crippen LogP contribution >= 0.6 is 27.3 Å². The number of hydrogen-bond acceptors (Lipinski definition) is 2. The number of hydrogen-bond donors (Lipinski definition) is 0. The summed E-state index contributed by atoms with van der Waals surface area (Å²) in [5.41, 5.74) is 4.72. The van der Waals surface area contributed by atoms with Gasteiger partial charge in [0.05, 0.1) is 8.66 Å². The predicted molar refractivity (Wildman–Crippen MR) is 78.7 cm³/mol. The van der Waals surface area contributed by atoms with Gasteiger partial charge in [-0.2, -0.15) is 0 Å². The SMILES string of the molecule is Cc1cc(C(=O)c2ccc3c(c2)CCC3)sc1Br. The summed E-state index contributed by atoms with van der Waals surface area (Å²) in [5, 5.41) is 0. The molecule has 0 aliphatic heterocycles. The van der Waals surface area contributed by atoms with Crippen molar-refractivity contribution in [1.82, 2.24) is 0 Å². The number of halogens is 1. The molecule has 0 atom stereocenters. The van der Waals surface area contributed by atoms with E-state index in [2.05, 4.69) is 28.1 Å². The van der Waals surface area contributed by atoms with E-state index in [-0.39, 0.29) is 5.78 Å². The molecule has 3 rings (SSSR count). The third kappa shape index (κ3) is 2.06. The molecule has 0 amide bonds. The molecular weight excluding hydrogens is 308 g/mol. The molecule has 0 saturated carbocycles. The van der Waals surface area contributed by atoms with Gasteiger partial charge in [0.25, 0.3) is 0 Å². The molecule has 2 aromatic rings. The fourth-order valence-corrected chi connectivity index (χ4v) is 3.92. The first-order valence-corrected chi connectivity index (χ1v) is 7.68. The lowest BCUT2D eigenvalue weighted by Crippen LogP contribution is -1.99. The van der Waals surface area contributed by atoms with E-state index in [1.807, 2.05) is 19.1 Å². The van der Waals surface area contributed by atoms with Gasteiger partial charge in [-0.15, -0.1) is 11.3 Å².